The second kappa shape index (κ2) is 5.17. The molecular formula is C15H25N3. The Bertz CT molecular complexity index is 390. The van der Waals surface area contributed by atoms with Gasteiger partial charge in [0.05, 0.1) is 0 Å². The van der Waals surface area contributed by atoms with Gasteiger partial charge in [-0.05, 0) is 37.2 Å². The lowest BCUT2D eigenvalue weighted by molar-refractivity contribution is 0.222. The van der Waals surface area contributed by atoms with E-state index >= 15 is 0 Å². The van der Waals surface area contributed by atoms with E-state index in [-0.39, 0.29) is 0 Å². The standard InChI is InChI=1S/C15H25N3/c1-15(2)8-5-12(6-9-15)18(4)13-7-10-17-14(11-13)16-3/h7,10-12H,5-6,8-9H2,1-4H3,(H,16,17). The van der Waals surface area contributed by atoms with Crippen molar-refractivity contribution in [1.29, 1.82) is 0 Å². The highest BCUT2D eigenvalue weighted by Crippen LogP contribution is 2.37. The van der Waals surface area contributed by atoms with E-state index in [1.165, 1.54) is 31.4 Å². The third kappa shape index (κ3) is 2.95. The van der Waals surface area contributed by atoms with Gasteiger partial charge < -0.3 is 10.2 Å². The summed E-state index contributed by atoms with van der Waals surface area (Å²) in [6, 6.07) is 4.89. The number of pyridine rings is 1. The maximum atomic E-state index is 4.27. The molecule has 1 N–H and O–H groups in total. The summed E-state index contributed by atoms with van der Waals surface area (Å²) in [4.78, 5) is 6.69. The van der Waals surface area contributed by atoms with Crippen molar-refractivity contribution in [3.63, 3.8) is 0 Å². The molecule has 0 aromatic carbocycles. The fourth-order valence-electron chi connectivity index (χ4n) is 2.76. The summed E-state index contributed by atoms with van der Waals surface area (Å²) < 4.78 is 0. The van der Waals surface area contributed by atoms with E-state index in [9.17, 15) is 0 Å². The third-order valence-corrected chi connectivity index (χ3v) is 4.26. The Morgan fingerprint density at radius 1 is 1.33 bits per heavy atom. The van der Waals surface area contributed by atoms with Crippen LogP contribution in [0.1, 0.15) is 39.5 Å². The van der Waals surface area contributed by atoms with Crippen molar-refractivity contribution in [1.82, 2.24) is 4.98 Å². The molecule has 1 heterocycles. The third-order valence-electron chi connectivity index (χ3n) is 4.26. The molecule has 0 unspecified atom stereocenters. The summed E-state index contributed by atoms with van der Waals surface area (Å²) in [5, 5.41) is 3.10. The van der Waals surface area contributed by atoms with Gasteiger partial charge in [-0.15, -0.1) is 0 Å². The van der Waals surface area contributed by atoms with Crippen LogP contribution in [0.15, 0.2) is 18.3 Å². The number of hydrogen-bond acceptors (Lipinski definition) is 3. The van der Waals surface area contributed by atoms with Gasteiger partial charge in [0.15, 0.2) is 0 Å². The first-order chi connectivity index (χ1) is 8.52. The van der Waals surface area contributed by atoms with E-state index in [1.54, 1.807) is 0 Å². The van der Waals surface area contributed by atoms with Crippen molar-refractivity contribution in [2.75, 3.05) is 24.3 Å². The summed E-state index contributed by atoms with van der Waals surface area (Å²) >= 11 is 0. The maximum Gasteiger partial charge on any atom is 0.127 e. The second-order valence-corrected chi connectivity index (χ2v) is 6.16. The van der Waals surface area contributed by atoms with Gasteiger partial charge in [0.25, 0.3) is 0 Å². The summed E-state index contributed by atoms with van der Waals surface area (Å²) in [6.07, 6.45) is 7.11. The Morgan fingerprint density at radius 2 is 2.00 bits per heavy atom. The molecule has 1 aliphatic rings. The van der Waals surface area contributed by atoms with Gasteiger partial charge in [-0.2, -0.15) is 0 Å². The number of nitrogens with one attached hydrogen (secondary N) is 1. The zero-order chi connectivity index (χ0) is 13.2. The van der Waals surface area contributed by atoms with E-state index in [0.29, 0.717) is 11.5 Å². The van der Waals surface area contributed by atoms with Crippen LogP contribution in [0.25, 0.3) is 0 Å². The monoisotopic (exact) mass is 247 g/mol. The molecule has 1 saturated carbocycles. The number of hydrogen-bond donors (Lipinski definition) is 1. The first kappa shape index (κ1) is 13.2. The molecule has 2 rings (SSSR count). The quantitative estimate of drug-likeness (QED) is 0.885. The van der Waals surface area contributed by atoms with Gasteiger partial charge in [-0.25, -0.2) is 4.98 Å². The molecule has 3 heteroatoms. The van der Waals surface area contributed by atoms with Crippen molar-refractivity contribution < 1.29 is 0 Å². The highest BCUT2D eigenvalue weighted by molar-refractivity contribution is 5.53. The summed E-state index contributed by atoms with van der Waals surface area (Å²) in [5.41, 5.74) is 1.80. The molecule has 1 aliphatic carbocycles. The molecule has 0 radical (unpaired) electrons. The Balaban J connectivity index is 2.05. The maximum absolute atomic E-state index is 4.27. The first-order valence-corrected chi connectivity index (χ1v) is 6.88. The lowest BCUT2D eigenvalue weighted by Gasteiger charge is -2.39. The predicted octanol–water partition coefficient (Wildman–Crippen LogP) is 3.53. The Kier molecular flexibility index (Phi) is 3.79. The summed E-state index contributed by atoms with van der Waals surface area (Å²) in [7, 11) is 4.12. The molecule has 0 aliphatic heterocycles. The Morgan fingerprint density at radius 3 is 2.61 bits per heavy atom. The molecule has 0 spiro atoms. The number of nitrogens with zero attached hydrogens (tertiary/aromatic N) is 2. The van der Waals surface area contributed by atoms with Crippen LogP contribution < -0.4 is 10.2 Å². The molecule has 0 saturated heterocycles. The fourth-order valence-corrected chi connectivity index (χ4v) is 2.76. The van der Waals surface area contributed by atoms with Gasteiger partial charge >= 0.3 is 0 Å². The van der Waals surface area contributed by atoms with Crippen LogP contribution >= 0.6 is 0 Å². The molecular weight excluding hydrogens is 222 g/mol. The molecule has 0 atom stereocenters. The van der Waals surface area contributed by atoms with Gasteiger partial charge in [0.1, 0.15) is 5.82 Å². The topological polar surface area (TPSA) is 28.2 Å². The van der Waals surface area contributed by atoms with Crippen molar-refractivity contribution >= 4 is 11.5 Å². The largest absolute Gasteiger partial charge is 0.373 e. The lowest BCUT2D eigenvalue weighted by atomic mass is 9.75. The van der Waals surface area contributed by atoms with E-state index in [1.807, 2.05) is 13.2 Å². The molecule has 100 valence electrons. The van der Waals surface area contributed by atoms with Gasteiger partial charge in [0.2, 0.25) is 0 Å². The second-order valence-electron chi connectivity index (χ2n) is 6.16. The zero-order valence-electron chi connectivity index (χ0n) is 12.0. The minimum absolute atomic E-state index is 0.533. The average Bonchev–Trinajstić information content (AvgIpc) is 2.38. The summed E-state index contributed by atoms with van der Waals surface area (Å²) in [6.45, 7) is 4.77. The molecule has 0 bridgehead atoms. The average molecular weight is 247 g/mol. The van der Waals surface area contributed by atoms with Crippen LogP contribution in [0.5, 0.6) is 0 Å². The SMILES string of the molecule is CNc1cc(N(C)C2CCC(C)(C)CC2)ccn1. The molecule has 1 aromatic heterocycles. The summed E-state index contributed by atoms with van der Waals surface area (Å²) in [5.74, 6) is 0.940. The normalized spacial score (nSPS) is 19.6. The smallest absolute Gasteiger partial charge is 0.127 e. The van der Waals surface area contributed by atoms with E-state index in [2.05, 4.69) is 48.2 Å². The van der Waals surface area contributed by atoms with Crippen molar-refractivity contribution in [3.8, 4) is 0 Å². The van der Waals surface area contributed by atoms with Crippen LogP contribution in [0, 0.1) is 5.41 Å². The number of rotatable bonds is 3. The van der Waals surface area contributed by atoms with Crippen molar-refractivity contribution in [3.05, 3.63) is 18.3 Å². The molecule has 0 amide bonds. The van der Waals surface area contributed by atoms with Crippen LogP contribution in [-0.4, -0.2) is 25.1 Å². The molecule has 1 fully saturated rings. The fraction of sp³-hybridized carbons (Fsp3) is 0.667. The van der Waals surface area contributed by atoms with Crippen molar-refractivity contribution in [2.45, 2.75) is 45.6 Å². The first-order valence-electron chi connectivity index (χ1n) is 6.88. The molecule has 1 aromatic rings. The minimum Gasteiger partial charge on any atom is -0.373 e. The van der Waals surface area contributed by atoms with Crippen LogP contribution in [0.3, 0.4) is 0 Å². The van der Waals surface area contributed by atoms with E-state index in [4.69, 9.17) is 0 Å². The molecule has 3 nitrogen and oxygen atoms in total. The van der Waals surface area contributed by atoms with E-state index < -0.39 is 0 Å². The molecule has 18 heavy (non-hydrogen) atoms. The van der Waals surface area contributed by atoms with Gasteiger partial charge in [-0.3, -0.25) is 0 Å². The number of aromatic nitrogens is 1. The van der Waals surface area contributed by atoms with Gasteiger partial charge in [0, 0.05) is 38.1 Å². The Labute approximate surface area is 111 Å². The highest BCUT2D eigenvalue weighted by atomic mass is 15.1. The number of anilines is 2. The highest BCUT2D eigenvalue weighted by Gasteiger charge is 2.28. The van der Waals surface area contributed by atoms with E-state index in [0.717, 1.165) is 5.82 Å². The Hall–Kier alpha value is -1.25. The van der Waals surface area contributed by atoms with Crippen molar-refractivity contribution in [2.24, 2.45) is 5.41 Å². The van der Waals surface area contributed by atoms with Crippen LogP contribution in [0.4, 0.5) is 11.5 Å². The lowest BCUT2D eigenvalue weighted by Crippen LogP contribution is -2.37. The predicted molar refractivity (Wildman–Crippen MR) is 78.2 cm³/mol. The zero-order valence-corrected chi connectivity index (χ0v) is 12.0. The van der Waals surface area contributed by atoms with Crippen LogP contribution in [-0.2, 0) is 0 Å². The van der Waals surface area contributed by atoms with Gasteiger partial charge in [-0.1, -0.05) is 13.8 Å². The minimum atomic E-state index is 0.533. The van der Waals surface area contributed by atoms with Crippen LogP contribution in [0.2, 0.25) is 0 Å².